The van der Waals surface area contributed by atoms with Gasteiger partial charge in [-0.1, -0.05) is 56.6 Å². The Kier molecular flexibility index (Phi) is 4.38. The van der Waals surface area contributed by atoms with Crippen LogP contribution in [0.1, 0.15) is 56.9 Å². The van der Waals surface area contributed by atoms with Gasteiger partial charge in [0.2, 0.25) is 0 Å². The average Bonchev–Trinajstić information content (AvgIpc) is 2.89. The number of hydrogen-bond donors (Lipinski definition) is 1. The van der Waals surface area contributed by atoms with E-state index in [-0.39, 0.29) is 6.04 Å². The van der Waals surface area contributed by atoms with Gasteiger partial charge in [0, 0.05) is 11.6 Å². The summed E-state index contributed by atoms with van der Waals surface area (Å²) in [5.74, 6) is 1.31. The normalized spacial score (nSPS) is 12.9. The molecule has 1 heterocycles. The highest BCUT2D eigenvalue weighted by Crippen LogP contribution is 2.25. The van der Waals surface area contributed by atoms with Crippen LogP contribution in [0, 0.1) is 0 Å². The minimum atomic E-state index is -0.0545. The molecule has 0 spiro atoms. The summed E-state index contributed by atoms with van der Waals surface area (Å²) < 4.78 is 5.34. The molecule has 2 aromatic rings. The zero-order chi connectivity index (χ0) is 13.8. The Labute approximate surface area is 114 Å². The van der Waals surface area contributed by atoms with Crippen molar-refractivity contribution in [1.82, 2.24) is 5.16 Å². The van der Waals surface area contributed by atoms with Gasteiger partial charge in [-0.05, 0) is 17.9 Å². The summed E-state index contributed by atoms with van der Waals surface area (Å²) in [5, 5.41) is 4.11. The Balaban J connectivity index is 2.18. The molecule has 3 heteroatoms. The van der Waals surface area contributed by atoms with Crippen molar-refractivity contribution in [1.29, 1.82) is 0 Å². The summed E-state index contributed by atoms with van der Waals surface area (Å²) in [4.78, 5) is 0. The number of nitrogens with zero attached hydrogens (tertiary/aromatic N) is 1. The molecule has 0 saturated carbocycles. The summed E-state index contributed by atoms with van der Waals surface area (Å²) in [6.07, 6.45) is 1.96. The molecular formula is C16H22N2O. The smallest absolute Gasteiger partial charge is 0.154 e. The molecule has 3 nitrogen and oxygen atoms in total. The van der Waals surface area contributed by atoms with Crippen LogP contribution in [-0.4, -0.2) is 5.16 Å². The molecule has 0 aliphatic heterocycles. The molecule has 2 N–H and O–H groups in total. The zero-order valence-corrected chi connectivity index (χ0v) is 11.9. The van der Waals surface area contributed by atoms with Crippen molar-refractivity contribution in [3.63, 3.8) is 0 Å². The van der Waals surface area contributed by atoms with Crippen LogP contribution >= 0.6 is 0 Å². The number of aromatic nitrogens is 1. The second-order valence-corrected chi connectivity index (χ2v) is 5.29. The third kappa shape index (κ3) is 3.24. The lowest BCUT2D eigenvalue weighted by molar-refractivity contribution is 0.356. The standard InChI is InChI=1S/C16H22N2O/c1-4-5-14(17)16-10-15(18-19-16)13-8-6-12(7-9-13)11(2)3/h6-11,14H,4-5,17H2,1-3H3. The molecule has 0 amide bonds. The third-order valence-electron chi connectivity index (χ3n) is 3.37. The Hall–Kier alpha value is -1.61. The van der Waals surface area contributed by atoms with Crippen LogP contribution in [0.5, 0.6) is 0 Å². The topological polar surface area (TPSA) is 52.0 Å². The molecule has 0 saturated heterocycles. The maximum Gasteiger partial charge on any atom is 0.154 e. The van der Waals surface area contributed by atoms with Crippen molar-refractivity contribution in [2.24, 2.45) is 5.73 Å². The van der Waals surface area contributed by atoms with Crippen molar-refractivity contribution in [2.75, 3.05) is 0 Å². The highest BCUT2D eigenvalue weighted by atomic mass is 16.5. The van der Waals surface area contributed by atoms with Gasteiger partial charge in [0.05, 0.1) is 6.04 Å². The highest BCUT2D eigenvalue weighted by Gasteiger charge is 2.13. The first-order valence-electron chi connectivity index (χ1n) is 6.94. The summed E-state index contributed by atoms with van der Waals surface area (Å²) in [6.45, 7) is 6.49. The van der Waals surface area contributed by atoms with Crippen molar-refractivity contribution in [3.8, 4) is 11.3 Å². The van der Waals surface area contributed by atoms with Gasteiger partial charge in [0.1, 0.15) is 5.69 Å². The Bertz CT molecular complexity index is 514. The van der Waals surface area contributed by atoms with Crippen LogP contribution in [0.25, 0.3) is 11.3 Å². The molecule has 1 aromatic heterocycles. The maximum atomic E-state index is 6.03. The van der Waals surface area contributed by atoms with Crippen molar-refractivity contribution in [3.05, 3.63) is 41.7 Å². The Morgan fingerprint density at radius 1 is 1.21 bits per heavy atom. The SMILES string of the molecule is CCCC(N)c1cc(-c2ccc(C(C)C)cc2)no1. The quantitative estimate of drug-likeness (QED) is 0.871. The second kappa shape index (κ2) is 6.02. The van der Waals surface area contributed by atoms with Crippen LogP contribution in [0.2, 0.25) is 0 Å². The molecule has 0 fully saturated rings. The summed E-state index contributed by atoms with van der Waals surface area (Å²) in [7, 11) is 0. The first-order chi connectivity index (χ1) is 9.11. The number of nitrogens with two attached hydrogens (primary N) is 1. The molecule has 0 bridgehead atoms. The summed E-state index contributed by atoms with van der Waals surface area (Å²) >= 11 is 0. The number of rotatable bonds is 5. The van der Waals surface area contributed by atoms with Gasteiger partial charge in [-0.25, -0.2) is 0 Å². The van der Waals surface area contributed by atoms with E-state index in [1.165, 1.54) is 5.56 Å². The molecule has 0 aliphatic rings. The van der Waals surface area contributed by atoms with E-state index < -0.39 is 0 Å². The minimum Gasteiger partial charge on any atom is -0.359 e. The van der Waals surface area contributed by atoms with E-state index in [1.807, 2.05) is 6.07 Å². The van der Waals surface area contributed by atoms with Gasteiger partial charge in [0.15, 0.2) is 5.76 Å². The first-order valence-corrected chi connectivity index (χ1v) is 6.94. The van der Waals surface area contributed by atoms with Crippen LogP contribution < -0.4 is 5.73 Å². The van der Waals surface area contributed by atoms with E-state index in [9.17, 15) is 0 Å². The fourth-order valence-corrected chi connectivity index (χ4v) is 2.09. The van der Waals surface area contributed by atoms with E-state index in [0.717, 1.165) is 29.9 Å². The first kappa shape index (κ1) is 13.8. The fourth-order valence-electron chi connectivity index (χ4n) is 2.09. The van der Waals surface area contributed by atoms with E-state index in [0.29, 0.717) is 5.92 Å². The molecule has 2 rings (SSSR count). The predicted molar refractivity (Wildman–Crippen MR) is 77.9 cm³/mol. The number of benzene rings is 1. The third-order valence-corrected chi connectivity index (χ3v) is 3.37. The molecule has 102 valence electrons. The summed E-state index contributed by atoms with van der Waals surface area (Å²) in [5.41, 5.74) is 9.29. The van der Waals surface area contributed by atoms with Gasteiger partial charge in [0.25, 0.3) is 0 Å². The van der Waals surface area contributed by atoms with Gasteiger partial charge < -0.3 is 10.3 Å². The van der Waals surface area contributed by atoms with E-state index in [1.54, 1.807) is 0 Å². The van der Waals surface area contributed by atoms with Crippen molar-refractivity contribution >= 4 is 0 Å². The largest absolute Gasteiger partial charge is 0.359 e. The van der Waals surface area contributed by atoms with Gasteiger partial charge >= 0.3 is 0 Å². The maximum absolute atomic E-state index is 6.03. The lowest BCUT2D eigenvalue weighted by Crippen LogP contribution is -2.08. The van der Waals surface area contributed by atoms with E-state index in [4.69, 9.17) is 10.3 Å². The minimum absolute atomic E-state index is 0.0545. The van der Waals surface area contributed by atoms with E-state index >= 15 is 0 Å². The van der Waals surface area contributed by atoms with Gasteiger partial charge in [-0.2, -0.15) is 0 Å². The van der Waals surface area contributed by atoms with Crippen molar-refractivity contribution in [2.45, 2.75) is 45.6 Å². The van der Waals surface area contributed by atoms with Crippen LogP contribution in [-0.2, 0) is 0 Å². The number of hydrogen-bond acceptors (Lipinski definition) is 3. The fraction of sp³-hybridized carbons (Fsp3) is 0.438. The zero-order valence-electron chi connectivity index (χ0n) is 11.9. The molecular weight excluding hydrogens is 236 g/mol. The van der Waals surface area contributed by atoms with Crippen LogP contribution in [0.4, 0.5) is 0 Å². The molecule has 0 aliphatic carbocycles. The van der Waals surface area contributed by atoms with Gasteiger partial charge in [-0.3, -0.25) is 0 Å². The molecule has 19 heavy (non-hydrogen) atoms. The Morgan fingerprint density at radius 3 is 2.47 bits per heavy atom. The predicted octanol–water partition coefficient (Wildman–Crippen LogP) is 4.26. The monoisotopic (exact) mass is 258 g/mol. The Morgan fingerprint density at radius 2 is 1.89 bits per heavy atom. The van der Waals surface area contributed by atoms with Gasteiger partial charge in [-0.15, -0.1) is 0 Å². The second-order valence-electron chi connectivity index (χ2n) is 5.29. The lowest BCUT2D eigenvalue weighted by atomic mass is 10.0. The molecule has 1 aromatic carbocycles. The van der Waals surface area contributed by atoms with Crippen molar-refractivity contribution < 1.29 is 4.52 Å². The molecule has 0 radical (unpaired) electrons. The van der Waals surface area contributed by atoms with E-state index in [2.05, 4.69) is 50.2 Å². The molecule has 1 unspecified atom stereocenters. The highest BCUT2D eigenvalue weighted by molar-refractivity contribution is 5.59. The molecule has 1 atom stereocenters. The summed E-state index contributed by atoms with van der Waals surface area (Å²) in [6, 6.07) is 10.3. The van der Waals surface area contributed by atoms with Crippen LogP contribution in [0.3, 0.4) is 0 Å². The van der Waals surface area contributed by atoms with Crippen LogP contribution in [0.15, 0.2) is 34.9 Å². The average molecular weight is 258 g/mol. The lowest BCUT2D eigenvalue weighted by Gasteiger charge is -2.05.